The molecule has 1 amide bonds. The highest BCUT2D eigenvalue weighted by Gasteiger charge is 2.32. The third-order valence-electron chi connectivity index (χ3n) is 6.04. The Hall–Kier alpha value is -4.24. The molecular formula is C29H22ClN3O4S. The van der Waals surface area contributed by atoms with E-state index in [0.717, 1.165) is 15.1 Å². The quantitative estimate of drug-likeness (QED) is 0.247. The highest BCUT2D eigenvalue weighted by molar-refractivity contribution is 7.80. The van der Waals surface area contributed by atoms with Crippen LogP contribution in [0.25, 0.3) is 16.5 Å². The molecule has 38 heavy (non-hydrogen) atoms. The van der Waals surface area contributed by atoms with Gasteiger partial charge in [-0.3, -0.25) is 23.0 Å². The lowest BCUT2D eigenvalue weighted by Gasteiger charge is -2.29. The van der Waals surface area contributed by atoms with Gasteiger partial charge in [-0.25, -0.2) is 4.21 Å². The van der Waals surface area contributed by atoms with Crippen LogP contribution in [0.3, 0.4) is 0 Å². The summed E-state index contributed by atoms with van der Waals surface area (Å²) in [5, 5.41) is 5.10. The number of rotatable bonds is 7. The predicted molar refractivity (Wildman–Crippen MR) is 152 cm³/mol. The number of aromatic nitrogens is 1. The second kappa shape index (κ2) is 11.0. The van der Waals surface area contributed by atoms with E-state index >= 15 is 0 Å². The summed E-state index contributed by atoms with van der Waals surface area (Å²) in [6.07, 6.45) is 1.66. The molecule has 2 unspecified atom stereocenters. The van der Waals surface area contributed by atoms with E-state index in [4.69, 9.17) is 11.6 Å². The molecule has 0 aliphatic carbocycles. The number of amides is 1. The molecule has 1 aromatic heterocycles. The number of nitrogens with one attached hydrogen (secondary N) is 1. The van der Waals surface area contributed by atoms with E-state index in [1.54, 1.807) is 97.2 Å². The van der Waals surface area contributed by atoms with Crippen LogP contribution in [-0.2, 0) is 16.1 Å². The van der Waals surface area contributed by atoms with Crippen LogP contribution in [-0.4, -0.2) is 19.2 Å². The maximum absolute atomic E-state index is 13.7. The monoisotopic (exact) mass is 543 g/mol. The van der Waals surface area contributed by atoms with Gasteiger partial charge in [0.15, 0.2) is 0 Å². The van der Waals surface area contributed by atoms with Crippen LogP contribution in [0.15, 0.2) is 120 Å². The third-order valence-corrected chi connectivity index (χ3v) is 7.04. The van der Waals surface area contributed by atoms with Crippen LogP contribution in [0.1, 0.15) is 11.6 Å². The molecule has 5 aromatic rings. The number of carbonyl (C=O) groups excluding carboxylic acids is 1. The molecule has 7 nitrogen and oxygen atoms in total. The number of fused-ring (bicyclic) bond motifs is 1. The van der Waals surface area contributed by atoms with Gasteiger partial charge in [0.25, 0.3) is 22.7 Å². The van der Waals surface area contributed by atoms with Crippen molar-refractivity contribution >= 4 is 50.9 Å². The number of hydrogen-bond donors (Lipinski definition) is 2. The molecule has 0 radical (unpaired) electrons. The SMILES string of the molecule is O=C(Nc1ccc(-n2ccccc2=O)cc1)C(c1ccccc1)N(c1ccc2cc(Cl)ccc2c1)S(=O)O. The molecule has 0 bridgehead atoms. The van der Waals surface area contributed by atoms with Gasteiger partial charge in [0.2, 0.25) is 0 Å². The second-order valence-corrected chi connectivity index (χ2v) is 9.78. The molecular weight excluding hydrogens is 522 g/mol. The average Bonchev–Trinajstić information content (AvgIpc) is 2.92. The lowest BCUT2D eigenvalue weighted by molar-refractivity contribution is -0.117. The predicted octanol–water partition coefficient (Wildman–Crippen LogP) is 5.97. The molecule has 5 rings (SSSR count). The van der Waals surface area contributed by atoms with E-state index in [9.17, 15) is 18.4 Å². The van der Waals surface area contributed by atoms with Gasteiger partial charge in [-0.05, 0) is 70.9 Å². The van der Waals surface area contributed by atoms with E-state index in [2.05, 4.69) is 5.32 Å². The first-order chi connectivity index (χ1) is 18.4. The van der Waals surface area contributed by atoms with Crippen LogP contribution in [0.2, 0.25) is 5.02 Å². The highest BCUT2D eigenvalue weighted by Crippen LogP contribution is 2.33. The summed E-state index contributed by atoms with van der Waals surface area (Å²) in [5.74, 6) is -0.501. The van der Waals surface area contributed by atoms with Crippen molar-refractivity contribution in [1.82, 2.24) is 4.57 Å². The molecule has 9 heteroatoms. The highest BCUT2D eigenvalue weighted by atomic mass is 35.5. The molecule has 1 heterocycles. The van der Waals surface area contributed by atoms with E-state index in [1.807, 2.05) is 12.1 Å². The van der Waals surface area contributed by atoms with E-state index < -0.39 is 23.2 Å². The zero-order valence-electron chi connectivity index (χ0n) is 19.9. The molecule has 0 fully saturated rings. The number of pyridine rings is 1. The van der Waals surface area contributed by atoms with Gasteiger partial charge in [-0.15, -0.1) is 0 Å². The van der Waals surface area contributed by atoms with E-state index in [-0.39, 0.29) is 5.56 Å². The van der Waals surface area contributed by atoms with Gasteiger partial charge in [0.1, 0.15) is 6.04 Å². The topological polar surface area (TPSA) is 91.6 Å². The van der Waals surface area contributed by atoms with Crippen molar-refractivity contribution in [2.24, 2.45) is 0 Å². The lowest BCUT2D eigenvalue weighted by atomic mass is 10.0. The van der Waals surface area contributed by atoms with Crippen molar-refractivity contribution in [3.05, 3.63) is 136 Å². The maximum atomic E-state index is 13.7. The lowest BCUT2D eigenvalue weighted by Crippen LogP contribution is -2.38. The van der Waals surface area contributed by atoms with Gasteiger partial charge in [0, 0.05) is 28.7 Å². The number of hydrogen-bond acceptors (Lipinski definition) is 3. The van der Waals surface area contributed by atoms with Crippen molar-refractivity contribution in [2.45, 2.75) is 6.04 Å². The summed E-state index contributed by atoms with van der Waals surface area (Å²) in [6.45, 7) is 0. The number of nitrogens with zero attached hydrogens (tertiary/aromatic N) is 2. The van der Waals surface area contributed by atoms with Crippen LogP contribution in [0.5, 0.6) is 0 Å². The molecule has 190 valence electrons. The number of carbonyl (C=O) groups is 1. The van der Waals surface area contributed by atoms with Crippen molar-refractivity contribution in [3.63, 3.8) is 0 Å². The minimum atomic E-state index is -2.53. The van der Waals surface area contributed by atoms with Gasteiger partial charge in [-0.2, -0.15) is 0 Å². The Labute approximate surface area is 226 Å². The fraction of sp³-hybridized carbons (Fsp3) is 0.0345. The molecule has 0 saturated carbocycles. The third kappa shape index (κ3) is 5.38. The second-order valence-electron chi connectivity index (χ2n) is 8.49. The number of benzene rings is 4. The van der Waals surface area contributed by atoms with Crippen molar-refractivity contribution in [1.29, 1.82) is 0 Å². The Bertz CT molecular complexity index is 1690. The molecule has 2 N–H and O–H groups in total. The fourth-order valence-electron chi connectivity index (χ4n) is 4.26. The zero-order valence-corrected chi connectivity index (χ0v) is 21.5. The molecule has 2 atom stereocenters. The summed E-state index contributed by atoms with van der Waals surface area (Å²) in [4.78, 5) is 25.8. The zero-order chi connectivity index (χ0) is 26.6. The average molecular weight is 544 g/mol. The Morgan fingerprint density at radius 2 is 1.55 bits per heavy atom. The van der Waals surface area contributed by atoms with Gasteiger partial charge >= 0.3 is 0 Å². The van der Waals surface area contributed by atoms with E-state index in [0.29, 0.717) is 27.6 Å². The summed E-state index contributed by atoms with van der Waals surface area (Å²) in [6, 6.07) is 29.9. The van der Waals surface area contributed by atoms with Crippen LogP contribution in [0.4, 0.5) is 11.4 Å². The van der Waals surface area contributed by atoms with Crippen LogP contribution in [0, 0.1) is 0 Å². The summed E-state index contributed by atoms with van der Waals surface area (Å²) in [5.41, 5.74) is 1.87. The minimum absolute atomic E-state index is 0.174. The van der Waals surface area contributed by atoms with Crippen LogP contribution >= 0.6 is 11.6 Å². The molecule has 4 aromatic carbocycles. The van der Waals surface area contributed by atoms with Crippen LogP contribution < -0.4 is 15.2 Å². The van der Waals surface area contributed by atoms with Gasteiger partial charge in [-0.1, -0.05) is 60.1 Å². The Morgan fingerprint density at radius 1 is 0.868 bits per heavy atom. The molecule has 0 aliphatic rings. The minimum Gasteiger partial charge on any atom is -0.324 e. The van der Waals surface area contributed by atoms with Gasteiger partial charge < -0.3 is 5.32 Å². The van der Waals surface area contributed by atoms with Crippen molar-refractivity contribution in [2.75, 3.05) is 9.62 Å². The number of halogens is 1. The Morgan fingerprint density at radius 3 is 2.26 bits per heavy atom. The maximum Gasteiger partial charge on any atom is 0.262 e. The Balaban J connectivity index is 1.50. The molecule has 0 saturated heterocycles. The van der Waals surface area contributed by atoms with Crippen molar-refractivity contribution in [3.8, 4) is 5.69 Å². The smallest absolute Gasteiger partial charge is 0.262 e. The van der Waals surface area contributed by atoms with Crippen molar-refractivity contribution < 1.29 is 13.6 Å². The normalized spacial score (nSPS) is 12.6. The largest absolute Gasteiger partial charge is 0.324 e. The number of anilines is 2. The standard InChI is InChI=1S/C29H22ClN3O4S/c30-23-11-9-22-19-26(14-10-21(22)18-23)33(38(36)37)28(20-6-2-1-3-7-20)29(35)31-24-12-15-25(16-13-24)32-17-5-4-8-27(32)34/h1-19,28H,(H,31,35)(H,36,37). The fourth-order valence-corrected chi connectivity index (χ4v) is 5.13. The molecule has 0 aliphatic heterocycles. The first-order valence-electron chi connectivity index (χ1n) is 11.6. The summed E-state index contributed by atoms with van der Waals surface area (Å²) in [7, 11) is 0. The summed E-state index contributed by atoms with van der Waals surface area (Å²) >= 11 is 3.57. The molecule has 0 spiro atoms. The summed E-state index contributed by atoms with van der Waals surface area (Å²) < 4.78 is 25.7. The van der Waals surface area contributed by atoms with Gasteiger partial charge in [0.05, 0.1) is 5.69 Å². The van der Waals surface area contributed by atoms with E-state index in [1.165, 1.54) is 10.6 Å². The first kappa shape index (κ1) is 25.4. The Kier molecular flexibility index (Phi) is 7.37. The first-order valence-corrected chi connectivity index (χ1v) is 13.1.